The molecule has 1 aliphatic carbocycles. The quantitative estimate of drug-likeness (QED) is 0.501. The van der Waals surface area contributed by atoms with Crippen molar-refractivity contribution in [3.8, 4) is 0 Å². The Morgan fingerprint density at radius 3 is 2.25 bits per heavy atom. The third kappa shape index (κ3) is 5.19. The van der Waals surface area contributed by atoms with E-state index in [0.717, 1.165) is 36.2 Å². The maximum atomic E-state index is 5.57. The fraction of sp³-hybridized carbons (Fsp3) is 0.667. The normalized spacial score (nSPS) is 23.2. The molecule has 0 aromatic heterocycles. The van der Waals surface area contributed by atoms with Crippen molar-refractivity contribution in [1.29, 1.82) is 0 Å². The number of rotatable bonds is 4. The lowest BCUT2D eigenvalue weighted by Crippen LogP contribution is -2.28. The molecule has 1 saturated carbocycles. The van der Waals surface area contributed by atoms with Crippen molar-refractivity contribution in [2.75, 3.05) is 6.54 Å². The van der Waals surface area contributed by atoms with Crippen LogP contribution in [0.25, 0.3) is 0 Å². The summed E-state index contributed by atoms with van der Waals surface area (Å²) in [7, 11) is 0. The Morgan fingerprint density at radius 2 is 2.06 bits per heavy atom. The molecule has 0 aliphatic heterocycles. The van der Waals surface area contributed by atoms with Gasteiger partial charge >= 0.3 is 0 Å². The van der Waals surface area contributed by atoms with E-state index < -0.39 is 0 Å². The van der Waals surface area contributed by atoms with Crippen LogP contribution in [0.5, 0.6) is 0 Å². The number of hydrazine groups is 1. The Labute approximate surface area is 99.1 Å². The maximum absolute atomic E-state index is 5.57. The second-order valence-corrected chi connectivity index (χ2v) is 4.31. The first kappa shape index (κ1) is 15.0. The van der Waals surface area contributed by atoms with Crippen LogP contribution in [0.3, 0.4) is 0 Å². The Morgan fingerprint density at radius 1 is 1.56 bits per heavy atom. The van der Waals surface area contributed by atoms with Gasteiger partial charge in [0.15, 0.2) is 0 Å². The van der Waals surface area contributed by atoms with Gasteiger partial charge in [0, 0.05) is 17.6 Å². The lowest BCUT2D eigenvalue weighted by molar-refractivity contribution is 0.437. The molecule has 1 rings (SSSR count). The highest BCUT2D eigenvalue weighted by atomic mass is 15.4. The second-order valence-electron chi connectivity index (χ2n) is 4.31. The molecule has 0 bridgehead atoms. The van der Waals surface area contributed by atoms with Crippen LogP contribution >= 0.6 is 0 Å². The van der Waals surface area contributed by atoms with Gasteiger partial charge in [-0.05, 0) is 38.1 Å². The fourth-order valence-corrected chi connectivity index (χ4v) is 1.23. The molecule has 0 amide bonds. The summed E-state index contributed by atoms with van der Waals surface area (Å²) in [5.41, 5.74) is 12.2. The number of nitrogens with zero attached hydrogens (tertiary/aromatic N) is 1. The van der Waals surface area contributed by atoms with E-state index in [2.05, 4.69) is 13.5 Å². The minimum Gasteiger partial charge on any atom is -0.403 e. The van der Waals surface area contributed by atoms with Crippen molar-refractivity contribution in [1.82, 2.24) is 5.01 Å². The summed E-state index contributed by atoms with van der Waals surface area (Å²) in [6.07, 6.45) is 3.67. The van der Waals surface area contributed by atoms with Crippen LogP contribution in [0.2, 0.25) is 0 Å². The zero-order valence-corrected chi connectivity index (χ0v) is 10.7. The highest BCUT2D eigenvalue weighted by Crippen LogP contribution is 2.35. The number of hydrogen-bond donors (Lipinski definition) is 3. The van der Waals surface area contributed by atoms with Crippen molar-refractivity contribution >= 4 is 0 Å². The molecule has 1 aliphatic rings. The highest BCUT2D eigenvalue weighted by molar-refractivity contribution is 5.04. The molecule has 2 unspecified atom stereocenters. The SMILES string of the molecule is C=C(CC)N(N)/C(C)=C\N.CC1CC1CN. The first-order chi connectivity index (χ1) is 7.47. The predicted molar refractivity (Wildman–Crippen MR) is 69.7 cm³/mol. The highest BCUT2D eigenvalue weighted by Gasteiger charge is 2.30. The van der Waals surface area contributed by atoms with Gasteiger partial charge in [0.2, 0.25) is 0 Å². The number of nitrogens with two attached hydrogens (primary N) is 3. The topological polar surface area (TPSA) is 81.3 Å². The predicted octanol–water partition coefficient (Wildman–Crippen LogP) is 1.51. The van der Waals surface area contributed by atoms with E-state index in [0.29, 0.717) is 0 Å². The molecule has 0 radical (unpaired) electrons. The summed E-state index contributed by atoms with van der Waals surface area (Å²) in [6.45, 7) is 10.7. The van der Waals surface area contributed by atoms with Gasteiger partial charge in [-0.1, -0.05) is 20.4 Å². The van der Waals surface area contributed by atoms with Crippen LogP contribution in [-0.2, 0) is 0 Å². The Bertz CT molecular complexity index is 245. The van der Waals surface area contributed by atoms with E-state index in [1.54, 1.807) is 0 Å². The lowest BCUT2D eigenvalue weighted by Gasteiger charge is -2.19. The lowest BCUT2D eigenvalue weighted by atomic mass is 10.3. The monoisotopic (exact) mass is 226 g/mol. The molecule has 0 aromatic carbocycles. The van der Waals surface area contributed by atoms with Crippen molar-refractivity contribution < 1.29 is 0 Å². The van der Waals surface area contributed by atoms with Gasteiger partial charge in [0.1, 0.15) is 0 Å². The minimum absolute atomic E-state index is 0.812. The van der Waals surface area contributed by atoms with Crippen molar-refractivity contribution in [3.05, 3.63) is 24.2 Å². The van der Waals surface area contributed by atoms with Crippen molar-refractivity contribution in [3.63, 3.8) is 0 Å². The molecule has 4 nitrogen and oxygen atoms in total. The first-order valence-electron chi connectivity index (χ1n) is 5.79. The van der Waals surface area contributed by atoms with Gasteiger partial charge in [0.05, 0.1) is 0 Å². The van der Waals surface area contributed by atoms with Gasteiger partial charge in [-0.15, -0.1) is 0 Å². The molecular formula is C12H26N4. The average Bonchev–Trinajstić information content (AvgIpc) is 3.03. The Hall–Kier alpha value is -1.00. The molecule has 6 N–H and O–H groups in total. The van der Waals surface area contributed by atoms with Gasteiger partial charge in [-0.25, -0.2) is 5.84 Å². The average molecular weight is 226 g/mol. The van der Waals surface area contributed by atoms with E-state index in [4.69, 9.17) is 17.3 Å². The van der Waals surface area contributed by atoms with E-state index in [-0.39, 0.29) is 0 Å². The maximum Gasteiger partial charge on any atom is 0.0468 e. The van der Waals surface area contributed by atoms with Crippen LogP contribution in [0.15, 0.2) is 24.2 Å². The molecule has 94 valence electrons. The van der Waals surface area contributed by atoms with Gasteiger partial charge < -0.3 is 11.5 Å². The van der Waals surface area contributed by atoms with Crippen LogP contribution in [0.4, 0.5) is 0 Å². The fourth-order valence-electron chi connectivity index (χ4n) is 1.23. The standard InChI is InChI=1S/C7H15N3.C5H11N/c1-4-6(2)10(9)7(3)5-8;1-4-2-5(4)3-6/h5H,2,4,8-9H2,1,3H3;4-5H,2-3,6H2,1H3/b7-5-;. The molecule has 0 heterocycles. The molecule has 2 atom stereocenters. The molecule has 0 spiro atoms. The molecule has 0 aromatic rings. The van der Waals surface area contributed by atoms with Gasteiger partial charge in [-0.3, -0.25) is 5.01 Å². The zero-order valence-electron chi connectivity index (χ0n) is 10.7. The van der Waals surface area contributed by atoms with Crippen LogP contribution in [-0.4, -0.2) is 11.6 Å². The van der Waals surface area contributed by atoms with Crippen LogP contribution in [0.1, 0.15) is 33.6 Å². The zero-order chi connectivity index (χ0) is 12.7. The smallest absolute Gasteiger partial charge is 0.0468 e. The van der Waals surface area contributed by atoms with E-state index in [1.807, 2.05) is 13.8 Å². The summed E-state index contributed by atoms with van der Waals surface area (Å²) in [5.74, 6) is 7.39. The van der Waals surface area contributed by atoms with E-state index in [9.17, 15) is 0 Å². The summed E-state index contributed by atoms with van der Waals surface area (Å²) >= 11 is 0. The molecule has 1 fully saturated rings. The van der Waals surface area contributed by atoms with E-state index in [1.165, 1.54) is 17.6 Å². The first-order valence-corrected chi connectivity index (χ1v) is 5.79. The van der Waals surface area contributed by atoms with Crippen molar-refractivity contribution in [2.45, 2.75) is 33.6 Å². The summed E-state index contributed by atoms with van der Waals surface area (Å²) in [6, 6.07) is 0. The van der Waals surface area contributed by atoms with E-state index >= 15 is 0 Å². The molecule has 4 heteroatoms. The largest absolute Gasteiger partial charge is 0.403 e. The molecule has 0 saturated heterocycles. The third-order valence-electron chi connectivity index (χ3n) is 2.95. The Kier molecular flexibility index (Phi) is 6.85. The minimum atomic E-state index is 0.812. The third-order valence-corrected chi connectivity index (χ3v) is 2.95. The number of allylic oxidation sites excluding steroid dienone is 2. The number of hydrogen-bond acceptors (Lipinski definition) is 4. The van der Waals surface area contributed by atoms with Crippen molar-refractivity contribution in [2.24, 2.45) is 29.1 Å². The summed E-state index contributed by atoms with van der Waals surface area (Å²) in [4.78, 5) is 0. The van der Waals surface area contributed by atoms with Crippen LogP contribution in [0, 0.1) is 11.8 Å². The Balaban J connectivity index is 0.000000315. The summed E-state index contributed by atoms with van der Waals surface area (Å²) < 4.78 is 0. The van der Waals surface area contributed by atoms with Gasteiger partial charge in [0.25, 0.3) is 0 Å². The second kappa shape index (κ2) is 7.30. The van der Waals surface area contributed by atoms with Crippen LogP contribution < -0.4 is 17.3 Å². The van der Waals surface area contributed by atoms with Gasteiger partial charge in [-0.2, -0.15) is 0 Å². The molecule has 16 heavy (non-hydrogen) atoms. The summed E-state index contributed by atoms with van der Waals surface area (Å²) in [5, 5.41) is 1.49. The molecular weight excluding hydrogens is 200 g/mol.